The normalized spacial score (nSPS) is 14.2. The Bertz CT molecular complexity index is 2500. The number of hydrogen-bond acceptors (Lipinski definition) is 6. The molecule has 0 aliphatic carbocycles. The van der Waals surface area contributed by atoms with Crippen LogP contribution in [0.4, 0.5) is 5.82 Å². The zero-order valence-corrected chi connectivity index (χ0v) is 33.3. The van der Waals surface area contributed by atoms with Crippen molar-refractivity contribution in [2.45, 2.75) is 55.4 Å². The fraction of sp³-hybridized carbons (Fsp3) is 0.170. The number of fused-ring (bicyclic) bond motifs is 3. The molecule has 6 aromatic heterocycles. The summed E-state index contributed by atoms with van der Waals surface area (Å²) in [5.74, 6) is 1.62. The summed E-state index contributed by atoms with van der Waals surface area (Å²) in [6, 6.07) is 32.4. The minimum Gasteiger partial charge on any atom is -0.359 e. The Morgan fingerprint density at radius 1 is 0.464 bits per heavy atom. The van der Waals surface area contributed by atoms with E-state index in [-0.39, 0.29) is 0 Å². The third kappa shape index (κ3) is 10.9. The van der Waals surface area contributed by atoms with Crippen molar-refractivity contribution in [1.29, 1.82) is 0 Å². The third-order valence-corrected chi connectivity index (χ3v) is 8.61. The standard InChI is InChI=1S/C14H12N2.C12H12N2.C11H12N2.C10H11N3/c1-9-3-5-11-7-8-12-6-4-10(2)16-14(12)13(11)15-9;1-9-5-3-7-11(13-9)12-8-4-6-10(2)14-12;1-8-3-5-10(12-8)7-11-6-4-9(2)13-11;1-7-3-5-9(11-7)13-10-6-4-8(2)12-10/h3-8H,1-2H3;3-8H,1-2H3;3-7,12H,1-2H3;3-6,11H,1-2H3/b;;11-7-;. The number of aliphatic imine (C=N–C) groups is 3. The van der Waals surface area contributed by atoms with Crippen LogP contribution in [0.2, 0.25) is 0 Å². The lowest BCUT2D eigenvalue weighted by Crippen LogP contribution is -1.90. The number of benzene rings is 1. The first kappa shape index (κ1) is 38.8. The van der Waals surface area contributed by atoms with Gasteiger partial charge in [0.15, 0.2) is 5.84 Å². The molecule has 0 spiro atoms. The molecule has 280 valence electrons. The van der Waals surface area contributed by atoms with E-state index in [4.69, 9.17) is 0 Å². The number of hydrogen-bond donors (Lipinski definition) is 2. The van der Waals surface area contributed by atoms with Gasteiger partial charge in [-0.2, -0.15) is 0 Å². The van der Waals surface area contributed by atoms with Crippen LogP contribution in [-0.4, -0.2) is 47.2 Å². The predicted molar refractivity (Wildman–Crippen MR) is 234 cm³/mol. The van der Waals surface area contributed by atoms with Gasteiger partial charge >= 0.3 is 0 Å². The number of nitrogens with zero attached hydrogens (tertiary/aromatic N) is 7. The fourth-order valence-corrected chi connectivity index (χ4v) is 5.86. The molecule has 0 unspecified atom stereocenters. The van der Waals surface area contributed by atoms with E-state index in [0.717, 1.165) is 96.1 Å². The first-order valence-corrected chi connectivity index (χ1v) is 18.6. The summed E-state index contributed by atoms with van der Waals surface area (Å²) in [6.07, 6.45) is 9.94. The molecule has 0 bridgehead atoms. The Hall–Kier alpha value is -6.87. The third-order valence-electron chi connectivity index (χ3n) is 8.61. The Morgan fingerprint density at radius 2 is 0.982 bits per heavy atom. The van der Waals surface area contributed by atoms with Crippen molar-refractivity contribution in [2.24, 2.45) is 15.0 Å². The molecular formula is C47H47N9. The van der Waals surface area contributed by atoms with E-state index in [1.807, 2.05) is 146 Å². The molecule has 2 N–H and O–H groups in total. The van der Waals surface area contributed by atoms with Gasteiger partial charge in [-0.3, -0.25) is 24.9 Å². The van der Waals surface area contributed by atoms with E-state index in [0.29, 0.717) is 0 Å². The van der Waals surface area contributed by atoms with Gasteiger partial charge in [-0.25, -0.2) is 9.98 Å². The lowest BCUT2D eigenvalue weighted by atomic mass is 10.1. The molecule has 9 heteroatoms. The van der Waals surface area contributed by atoms with Crippen molar-refractivity contribution < 1.29 is 0 Å². The van der Waals surface area contributed by atoms with Crippen LogP contribution in [0.5, 0.6) is 0 Å². The molecule has 1 aromatic carbocycles. The maximum atomic E-state index is 4.58. The average Bonchev–Trinajstić information content (AvgIpc) is 3.99. The van der Waals surface area contributed by atoms with E-state index in [1.165, 1.54) is 5.69 Å². The van der Waals surface area contributed by atoms with Gasteiger partial charge in [0.25, 0.3) is 0 Å². The molecule has 2 aliphatic rings. The highest BCUT2D eigenvalue weighted by Gasteiger charge is 2.05. The van der Waals surface area contributed by atoms with Crippen molar-refractivity contribution in [3.8, 4) is 11.4 Å². The minimum absolute atomic E-state index is 0.763. The predicted octanol–water partition coefficient (Wildman–Crippen LogP) is 11.2. The van der Waals surface area contributed by atoms with Gasteiger partial charge in [0, 0.05) is 62.1 Å². The van der Waals surface area contributed by atoms with Crippen LogP contribution in [0.25, 0.3) is 39.3 Å². The summed E-state index contributed by atoms with van der Waals surface area (Å²) in [7, 11) is 0. The van der Waals surface area contributed by atoms with E-state index < -0.39 is 0 Å². The van der Waals surface area contributed by atoms with Crippen molar-refractivity contribution in [3.05, 3.63) is 167 Å². The molecule has 56 heavy (non-hydrogen) atoms. The lowest BCUT2D eigenvalue weighted by Gasteiger charge is -2.04. The van der Waals surface area contributed by atoms with Crippen LogP contribution >= 0.6 is 0 Å². The number of nitrogens with one attached hydrogen (secondary N) is 2. The summed E-state index contributed by atoms with van der Waals surface area (Å²) >= 11 is 0. The number of H-pyrrole nitrogens is 2. The quantitative estimate of drug-likeness (QED) is 0.175. The second-order valence-corrected chi connectivity index (χ2v) is 13.8. The highest BCUT2D eigenvalue weighted by Crippen LogP contribution is 2.23. The number of aryl methyl sites for hydroxylation is 6. The number of aromatic amines is 2. The van der Waals surface area contributed by atoms with Gasteiger partial charge in [-0.05, 0) is 146 Å². The smallest absolute Gasteiger partial charge is 0.154 e. The Labute approximate surface area is 328 Å². The first-order chi connectivity index (χ1) is 27.0. The zero-order valence-electron chi connectivity index (χ0n) is 33.3. The van der Waals surface area contributed by atoms with Gasteiger partial charge in [0.2, 0.25) is 0 Å². The van der Waals surface area contributed by atoms with Gasteiger partial charge in [-0.1, -0.05) is 36.4 Å². The van der Waals surface area contributed by atoms with Crippen molar-refractivity contribution in [3.63, 3.8) is 0 Å². The number of rotatable bonds is 3. The van der Waals surface area contributed by atoms with Gasteiger partial charge in [-0.15, -0.1) is 0 Å². The van der Waals surface area contributed by atoms with Gasteiger partial charge in [0.1, 0.15) is 5.82 Å². The molecular weight excluding hydrogens is 691 g/mol. The average molecular weight is 738 g/mol. The topological polar surface area (TPSA) is 120 Å². The Kier molecular flexibility index (Phi) is 12.5. The number of pyridine rings is 4. The lowest BCUT2D eigenvalue weighted by molar-refractivity contribution is 1.15. The Morgan fingerprint density at radius 3 is 1.45 bits per heavy atom. The zero-order chi connectivity index (χ0) is 39.6. The van der Waals surface area contributed by atoms with Crippen LogP contribution in [0.15, 0.2) is 142 Å². The van der Waals surface area contributed by atoms with Gasteiger partial charge < -0.3 is 9.97 Å². The number of aromatic nitrogens is 6. The molecule has 0 fully saturated rings. The summed E-state index contributed by atoms with van der Waals surface area (Å²) in [5, 5.41) is 2.30. The van der Waals surface area contributed by atoms with E-state index >= 15 is 0 Å². The monoisotopic (exact) mass is 737 g/mol. The Balaban J connectivity index is 0.000000127. The van der Waals surface area contributed by atoms with Crippen molar-refractivity contribution in [1.82, 2.24) is 29.9 Å². The molecule has 0 saturated carbocycles. The molecule has 0 atom stereocenters. The molecule has 9 rings (SSSR count). The maximum Gasteiger partial charge on any atom is 0.154 e. The van der Waals surface area contributed by atoms with Crippen molar-refractivity contribution >= 4 is 51.0 Å². The van der Waals surface area contributed by atoms with Crippen LogP contribution in [-0.2, 0) is 0 Å². The van der Waals surface area contributed by atoms with Crippen LogP contribution in [0, 0.1) is 41.5 Å². The summed E-state index contributed by atoms with van der Waals surface area (Å²) in [5.41, 5.74) is 14.5. The molecule has 7 aromatic rings. The second kappa shape index (κ2) is 18.0. The van der Waals surface area contributed by atoms with Crippen LogP contribution in [0.3, 0.4) is 0 Å². The highest BCUT2D eigenvalue weighted by molar-refractivity contribution is 6.14. The molecule has 0 radical (unpaired) electrons. The highest BCUT2D eigenvalue weighted by atomic mass is 15.0. The van der Waals surface area contributed by atoms with E-state index in [1.54, 1.807) is 0 Å². The van der Waals surface area contributed by atoms with Crippen molar-refractivity contribution in [2.75, 3.05) is 0 Å². The summed E-state index contributed by atoms with van der Waals surface area (Å²) in [4.78, 5) is 37.3. The summed E-state index contributed by atoms with van der Waals surface area (Å²) < 4.78 is 0. The molecule has 8 heterocycles. The first-order valence-electron chi connectivity index (χ1n) is 18.6. The van der Waals surface area contributed by atoms with E-state index in [9.17, 15) is 0 Å². The molecule has 0 amide bonds. The number of allylic oxidation sites excluding steroid dienone is 3. The number of amidine groups is 1. The SMILES string of the molecule is CC1=N/C(=C\c2ccc(C)[nH]2)C=C1.CC1=NC(=Nc2ccc(C)[nH]2)C=C1.Cc1ccc2ccc3ccc(C)nc3c2n1.Cc1cccc(-c2cccc(C)n2)n1. The minimum atomic E-state index is 0.763. The van der Waals surface area contributed by atoms with Gasteiger partial charge in [0.05, 0.1) is 28.1 Å². The van der Waals surface area contributed by atoms with Crippen LogP contribution in [0.1, 0.15) is 53.7 Å². The van der Waals surface area contributed by atoms with E-state index in [2.05, 4.69) is 81.3 Å². The molecule has 0 saturated heterocycles. The van der Waals surface area contributed by atoms with Crippen LogP contribution < -0.4 is 0 Å². The molecule has 2 aliphatic heterocycles. The fourth-order valence-electron chi connectivity index (χ4n) is 5.86. The molecule has 9 nitrogen and oxygen atoms in total. The summed E-state index contributed by atoms with van der Waals surface area (Å²) in [6.45, 7) is 16.0. The maximum absolute atomic E-state index is 4.58. The second-order valence-electron chi connectivity index (χ2n) is 13.8. The largest absolute Gasteiger partial charge is 0.359 e.